The summed E-state index contributed by atoms with van der Waals surface area (Å²) in [7, 11) is 2.14. The minimum Gasteiger partial charge on any atom is -0.447 e. The molecule has 2 aliphatic heterocycles. The van der Waals surface area contributed by atoms with Crippen molar-refractivity contribution in [1.29, 1.82) is 0 Å². The van der Waals surface area contributed by atoms with E-state index in [1.54, 1.807) is 11.8 Å². The largest absolute Gasteiger partial charge is 0.447 e. The second-order valence-electron chi connectivity index (χ2n) is 7.49. The number of ether oxygens (including phenoxy) is 1. The van der Waals surface area contributed by atoms with Gasteiger partial charge in [-0.1, -0.05) is 36.4 Å². The van der Waals surface area contributed by atoms with Crippen LogP contribution in [0, 0.1) is 0 Å². The maximum absolute atomic E-state index is 12.2. The highest BCUT2D eigenvalue weighted by molar-refractivity contribution is 7.99. The molecule has 2 aromatic rings. The van der Waals surface area contributed by atoms with E-state index in [2.05, 4.69) is 38.9 Å². The monoisotopic (exact) mass is 430 g/mol. The second-order valence-corrected chi connectivity index (χ2v) is 9.10. The van der Waals surface area contributed by atoms with Crippen LogP contribution in [-0.4, -0.2) is 69.7 Å². The molecule has 2 aliphatic rings. The lowest BCUT2D eigenvalue weighted by atomic mass is 10.1. The molecule has 1 saturated heterocycles. The van der Waals surface area contributed by atoms with Crippen LogP contribution >= 0.6 is 23.5 Å². The Bertz CT molecular complexity index is 855. The predicted molar refractivity (Wildman–Crippen MR) is 117 cm³/mol. The average Bonchev–Trinajstić information content (AvgIpc) is 3.33. The fourth-order valence-corrected chi connectivity index (χ4v) is 5.39. The standard InChI is InChI=1S/C21H26N4O2S2/c1-24-10-5-9-17(14-24)19-20(23-29-22-19)28-12-6-11-25-18(15-27-21(25)26)13-16-7-3-2-4-8-16/h2-4,7-9,18H,5-6,10-15H2,1H3. The molecular formula is C21H26N4O2S2. The van der Waals surface area contributed by atoms with Crippen LogP contribution in [0.15, 0.2) is 41.4 Å². The molecule has 8 heteroatoms. The molecule has 1 amide bonds. The molecule has 4 rings (SSSR count). The van der Waals surface area contributed by atoms with Gasteiger partial charge in [0, 0.05) is 25.4 Å². The normalized spacial score (nSPS) is 20.0. The molecule has 1 fully saturated rings. The van der Waals surface area contributed by atoms with Crippen molar-refractivity contribution in [3.05, 3.63) is 47.7 Å². The number of carbonyl (C=O) groups is 1. The number of cyclic esters (lactones) is 1. The van der Waals surface area contributed by atoms with E-state index in [9.17, 15) is 4.79 Å². The Labute approximate surface area is 180 Å². The maximum atomic E-state index is 12.2. The summed E-state index contributed by atoms with van der Waals surface area (Å²) in [4.78, 5) is 16.3. The number of likely N-dealkylation sites (N-methyl/N-ethyl adjacent to an activating group) is 1. The van der Waals surface area contributed by atoms with Crippen LogP contribution in [0.25, 0.3) is 5.57 Å². The number of amides is 1. The van der Waals surface area contributed by atoms with E-state index in [1.807, 2.05) is 23.1 Å². The quantitative estimate of drug-likeness (QED) is 0.469. The molecule has 0 bridgehead atoms. The number of nitrogens with zero attached hydrogens (tertiary/aromatic N) is 4. The minimum atomic E-state index is -0.192. The van der Waals surface area contributed by atoms with Crippen molar-refractivity contribution in [3.63, 3.8) is 0 Å². The van der Waals surface area contributed by atoms with Gasteiger partial charge in [0.15, 0.2) is 0 Å². The lowest BCUT2D eigenvalue weighted by Gasteiger charge is -2.22. The van der Waals surface area contributed by atoms with Gasteiger partial charge in [0.1, 0.15) is 17.3 Å². The molecule has 6 nitrogen and oxygen atoms in total. The fourth-order valence-electron chi connectivity index (χ4n) is 3.76. The predicted octanol–water partition coefficient (Wildman–Crippen LogP) is 3.80. The molecular weight excluding hydrogens is 404 g/mol. The molecule has 0 spiro atoms. The van der Waals surface area contributed by atoms with Gasteiger partial charge in [-0.25, -0.2) is 4.79 Å². The van der Waals surface area contributed by atoms with Gasteiger partial charge in [-0.05, 0) is 37.4 Å². The van der Waals surface area contributed by atoms with Crippen LogP contribution in [0.3, 0.4) is 0 Å². The van der Waals surface area contributed by atoms with Gasteiger partial charge in [-0.15, -0.1) is 11.8 Å². The van der Waals surface area contributed by atoms with Gasteiger partial charge < -0.3 is 14.5 Å². The first-order chi connectivity index (χ1) is 14.2. The van der Waals surface area contributed by atoms with Crippen LogP contribution in [0.5, 0.6) is 0 Å². The first-order valence-corrected chi connectivity index (χ1v) is 11.7. The molecule has 154 valence electrons. The number of hydrogen-bond donors (Lipinski definition) is 0. The van der Waals surface area contributed by atoms with Crippen molar-refractivity contribution in [2.75, 3.05) is 39.0 Å². The topological polar surface area (TPSA) is 58.6 Å². The van der Waals surface area contributed by atoms with Gasteiger partial charge in [-0.3, -0.25) is 0 Å². The minimum absolute atomic E-state index is 0.120. The Morgan fingerprint density at radius 2 is 2.14 bits per heavy atom. The zero-order valence-corrected chi connectivity index (χ0v) is 18.3. The number of thioether (sulfide) groups is 1. The number of carbonyl (C=O) groups excluding carboxylic acids is 1. The van der Waals surface area contributed by atoms with Gasteiger partial charge in [-0.2, -0.15) is 8.75 Å². The van der Waals surface area contributed by atoms with E-state index >= 15 is 0 Å². The van der Waals surface area contributed by atoms with Crippen molar-refractivity contribution < 1.29 is 9.53 Å². The number of rotatable bonds is 8. The molecule has 3 heterocycles. The smallest absolute Gasteiger partial charge is 0.410 e. The molecule has 29 heavy (non-hydrogen) atoms. The molecule has 0 radical (unpaired) electrons. The Morgan fingerprint density at radius 1 is 1.28 bits per heavy atom. The molecule has 1 aromatic heterocycles. The van der Waals surface area contributed by atoms with Gasteiger partial charge in [0.2, 0.25) is 0 Å². The fraction of sp³-hybridized carbons (Fsp3) is 0.476. The maximum Gasteiger partial charge on any atom is 0.410 e. The van der Waals surface area contributed by atoms with Crippen LogP contribution in [0.1, 0.15) is 24.1 Å². The third kappa shape index (κ3) is 5.18. The van der Waals surface area contributed by atoms with Crippen LogP contribution in [0.4, 0.5) is 4.79 Å². The highest BCUT2D eigenvalue weighted by Crippen LogP contribution is 2.29. The highest BCUT2D eigenvalue weighted by Gasteiger charge is 2.32. The van der Waals surface area contributed by atoms with Crippen molar-refractivity contribution >= 4 is 35.2 Å². The van der Waals surface area contributed by atoms with Gasteiger partial charge in [0.25, 0.3) is 0 Å². The van der Waals surface area contributed by atoms with Crippen molar-refractivity contribution in [2.45, 2.75) is 30.3 Å². The van der Waals surface area contributed by atoms with Crippen molar-refractivity contribution in [3.8, 4) is 0 Å². The Balaban J connectivity index is 1.28. The summed E-state index contributed by atoms with van der Waals surface area (Å²) in [5, 5.41) is 1.02. The summed E-state index contributed by atoms with van der Waals surface area (Å²) in [6.45, 7) is 3.21. The summed E-state index contributed by atoms with van der Waals surface area (Å²) in [6.07, 6.45) is 4.90. The Morgan fingerprint density at radius 3 is 2.97 bits per heavy atom. The van der Waals surface area contributed by atoms with Crippen LogP contribution < -0.4 is 0 Å². The average molecular weight is 431 g/mol. The third-order valence-electron chi connectivity index (χ3n) is 5.28. The number of aromatic nitrogens is 2. The zero-order chi connectivity index (χ0) is 20.1. The zero-order valence-electron chi connectivity index (χ0n) is 16.6. The first-order valence-electron chi connectivity index (χ1n) is 10.0. The third-order valence-corrected chi connectivity index (χ3v) is 6.97. The van der Waals surface area contributed by atoms with Crippen molar-refractivity contribution in [2.24, 2.45) is 0 Å². The van der Waals surface area contributed by atoms with E-state index in [0.29, 0.717) is 13.2 Å². The SMILES string of the molecule is CN1CCC=C(c2nsnc2SCCCN2C(=O)OCC2Cc2ccccc2)C1. The lowest BCUT2D eigenvalue weighted by molar-refractivity contribution is 0.158. The molecule has 1 unspecified atom stereocenters. The van der Waals surface area contributed by atoms with E-state index in [0.717, 1.165) is 48.8 Å². The van der Waals surface area contributed by atoms with Crippen LogP contribution in [0.2, 0.25) is 0 Å². The van der Waals surface area contributed by atoms with E-state index in [4.69, 9.17) is 4.74 Å². The number of benzene rings is 1. The summed E-state index contributed by atoms with van der Waals surface area (Å²) < 4.78 is 14.3. The van der Waals surface area contributed by atoms with Crippen molar-refractivity contribution in [1.82, 2.24) is 18.5 Å². The van der Waals surface area contributed by atoms with E-state index < -0.39 is 0 Å². The molecule has 0 aliphatic carbocycles. The Kier molecular flexibility index (Phi) is 6.84. The second kappa shape index (κ2) is 9.73. The summed E-state index contributed by atoms with van der Waals surface area (Å²) in [6, 6.07) is 10.4. The van der Waals surface area contributed by atoms with E-state index in [1.165, 1.54) is 22.9 Å². The summed E-state index contributed by atoms with van der Waals surface area (Å²) in [5.74, 6) is 0.906. The Hall–Kier alpha value is -1.90. The van der Waals surface area contributed by atoms with Gasteiger partial charge in [0.05, 0.1) is 17.8 Å². The summed E-state index contributed by atoms with van der Waals surface area (Å²) >= 11 is 3.02. The molecule has 0 saturated carbocycles. The van der Waals surface area contributed by atoms with Crippen LogP contribution in [-0.2, 0) is 11.2 Å². The van der Waals surface area contributed by atoms with E-state index in [-0.39, 0.29) is 12.1 Å². The number of hydrogen-bond acceptors (Lipinski definition) is 7. The molecule has 1 atom stereocenters. The summed E-state index contributed by atoms with van der Waals surface area (Å²) in [5.41, 5.74) is 3.55. The lowest BCUT2D eigenvalue weighted by Crippen LogP contribution is -2.36. The molecule has 0 N–H and O–H groups in total. The molecule has 1 aromatic carbocycles. The van der Waals surface area contributed by atoms with Gasteiger partial charge >= 0.3 is 6.09 Å². The highest BCUT2D eigenvalue weighted by atomic mass is 32.2. The first kappa shape index (κ1) is 20.4.